The monoisotopic (exact) mass is 893 g/mol. The third-order valence-corrected chi connectivity index (χ3v) is 11.6. The van der Waals surface area contributed by atoms with Crippen LogP contribution >= 0.6 is 0 Å². The SMILES string of the molecule is CCC1(Oc2ccc(-c3nc(C)c(C(=O)NC(CCN)C(=O)N(C)C4C(=O)NC(C)C(=O)NC(C(=O)O)Cc5ccc(OCCN)c(c5)-c5cc4ccc5OCCN)c(C)n3)cc2)CC1. The number of hydrogen-bond donors (Lipinski definition) is 7. The van der Waals surface area contributed by atoms with Gasteiger partial charge in [0.15, 0.2) is 5.82 Å². The number of carboxylic acids is 1. The zero-order chi connectivity index (χ0) is 47.0. The first-order valence-corrected chi connectivity index (χ1v) is 21.8. The number of aryl methyl sites for hydroxylation is 2. The van der Waals surface area contributed by atoms with Crippen LogP contribution in [0.2, 0.25) is 0 Å². The van der Waals surface area contributed by atoms with Gasteiger partial charge in [0.05, 0.1) is 17.0 Å². The molecule has 1 aliphatic carbocycles. The number of carbonyl (C=O) groups excluding carboxylic acids is 4. The van der Waals surface area contributed by atoms with Crippen LogP contribution in [0.5, 0.6) is 17.2 Å². The number of rotatable bonds is 17. The standard InChI is InChI=1S/C47H59N9O9/c1-6-47(16-17-47)65-32-11-8-30(9-12-32)41-51-26(2)39(27(3)52-41)43(58)54-35(15-18-48)45(60)56(5)40-31-10-14-38(64-22-20-50)34(25-31)33-23-29(7-13-37(33)63-21-19-49)24-36(46(61)62)55-42(57)28(4)53-44(40)59/h7-14,23,25,28,35-36,40H,6,15-22,24,48-50H2,1-5H3,(H,53,59)(H,54,58)(H,55,57)(H,61,62). The van der Waals surface area contributed by atoms with Crippen molar-refractivity contribution >= 4 is 29.6 Å². The highest BCUT2D eigenvalue weighted by Crippen LogP contribution is 2.43. The Bertz CT molecular complexity index is 2380. The normalized spacial score (nSPS) is 18.2. The second-order valence-corrected chi connectivity index (χ2v) is 16.4. The number of nitrogens with two attached hydrogens (primary N) is 3. The smallest absolute Gasteiger partial charge is 0.326 e. The lowest BCUT2D eigenvalue weighted by Crippen LogP contribution is -2.55. The summed E-state index contributed by atoms with van der Waals surface area (Å²) in [6.45, 7) is 7.54. The van der Waals surface area contributed by atoms with Crippen LogP contribution in [0.3, 0.4) is 0 Å². The van der Waals surface area contributed by atoms with Gasteiger partial charge in [-0.3, -0.25) is 19.2 Å². The lowest BCUT2D eigenvalue weighted by molar-refractivity contribution is -0.143. The van der Waals surface area contributed by atoms with Crippen molar-refractivity contribution in [3.05, 3.63) is 88.7 Å². The number of aromatic nitrogens is 2. The third kappa shape index (κ3) is 11.2. The van der Waals surface area contributed by atoms with Crippen molar-refractivity contribution in [3.63, 3.8) is 0 Å². The maximum absolute atomic E-state index is 14.7. The second kappa shape index (κ2) is 20.9. The summed E-state index contributed by atoms with van der Waals surface area (Å²) in [6, 6.07) is 12.3. The fraction of sp³-hybridized carbons (Fsp3) is 0.426. The molecule has 0 radical (unpaired) electrons. The molecular weight excluding hydrogens is 835 g/mol. The van der Waals surface area contributed by atoms with Gasteiger partial charge in [-0.15, -0.1) is 0 Å². The van der Waals surface area contributed by atoms with E-state index in [1.807, 2.05) is 24.3 Å². The van der Waals surface area contributed by atoms with Crippen LogP contribution in [0.1, 0.15) is 78.4 Å². The summed E-state index contributed by atoms with van der Waals surface area (Å²) in [5.41, 5.74) is 21.0. The van der Waals surface area contributed by atoms with Crippen molar-refractivity contribution in [1.82, 2.24) is 30.8 Å². The first kappa shape index (κ1) is 47.8. The van der Waals surface area contributed by atoms with Gasteiger partial charge in [0.25, 0.3) is 5.91 Å². The van der Waals surface area contributed by atoms with Gasteiger partial charge in [0, 0.05) is 43.2 Å². The van der Waals surface area contributed by atoms with E-state index in [1.165, 1.54) is 18.9 Å². The summed E-state index contributed by atoms with van der Waals surface area (Å²) in [5, 5.41) is 18.1. The predicted octanol–water partition coefficient (Wildman–Crippen LogP) is 2.70. The van der Waals surface area contributed by atoms with E-state index >= 15 is 0 Å². The molecule has 1 aliphatic heterocycles. The van der Waals surface area contributed by atoms with Crippen molar-refractivity contribution in [1.29, 1.82) is 0 Å². The molecule has 10 N–H and O–H groups in total. The number of nitrogens with zero attached hydrogens (tertiary/aromatic N) is 3. The molecule has 4 amide bonds. The molecule has 346 valence electrons. The summed E-state index contributed by atoms with van der Waals surface area (Å²) >= 11 is 0. The number of hydrogen-bond acceptors (Lipinski definition) is 13. The lowest BCUT2D eigenvalue weighted by Gasteiger charge is -2.32. The average Bonchev–Trinajstić information content (AvgIpc) is 4.06. The van der Waals surface area contributed by atoms with E-state index in [1.54, 1.807) is 50.2 Å². The van der Waals surface area contributed by atoms with E-state index < -0.39 is 53.8 Å². The quantitative estimate of drug-likeness (QED) is 0.0804. The summed E-state index contributed by atoms with van der Waals surface area (Å²) in [5.74, 6) is -2.19. The van der Waals surface area contributed by atoms with E-state index in [0.29, 0.717) is 51.0 Å². The molecule has 0 spiro atoms. The van der Waals surface area contributed by atoms with Gasteiger partial charge >= 0.3 is 5.97 Å². The van der Waals surface area contributed by atoms with E-state index in [2.05, 4.69) is 32.8 Å². The first-order valence-electron chi connectivity index (χ1n) is 21.8. The number of benzene rings is 3. The molecule has 18 nitrogen and oxygen atoms in total. The molecule has 1 saturated carbocycles. The molecule has 65 heavy (non-hydrogen) atoms. The van der Waals surface area contributed by atoms with Crippen LogP contribution in [0.15, 0.2) is 60.7 Å². The fourth-order valence-corrected chi connectivity index (χ4v) is 7.86. The van der Waals surface area contributed by atoms with Crippen LogP contribution in [-0.2, 0) is 25.6 Å². The number of amides is 4. The molecular formula is C47H59N9O9. The summed E-state index contributed by atoms with van der Waals surface area (Å²) < 4.78 is 18.3. The van der Waals surface area contributed by atoms with Crippen LogP contribution in [0.4, 0.5) is 0 Å². The van der Waals surface area contributed by atoms with Crippen molar-refractivity contribution in [2.75, 3.05) is 39.9 Å². The van der Waals surface area contributed by atoms with E-state index in [-0.39, 0.29) is 56.9 Å². The Balaban J connectivity index is 1.35. The van der Waals surface area contributed by atoms with Gasteiger partial charge in [-0.25, -0.2) is 14.8 Å². The summed E-state index contributed by atoms with van der Waals surface area (Å²) in [4.78, 5) is 79.6. The van der Waals surface area contributed by atoms with Crippen LogP contribution in [0.25, 0.3) is 22.5 Å². The van der Waals surface area contributed by atoms with Gasteiger partial charge < -0.3 is 57.4 Å². The minimum Gasteiger partial charge on any atom is -0.492 e. The molecule has 4 bridgehead atoms. The van der Waals surface area contributed by atoms with E-state index in [9.17, 15) is 29.1 Å². The minimum absolute atomic E-state index is 0.00480. The Morgan fingerprint density at radius 1 is 0.877 bits per heavy atom. The Hall–Kier alpha value is -6.63. The van der Waals surface area contributed by atoms with E-state index in [0.717, 1.165) is 30.6 Å². The Labute approximate surface area is 378 Å². The first-order chi connectivity index (χ1) is 31.1. The van der Waals surface area contributed by atoms with E-state index in [4.69, 9.17) is 31.4 Å². The Morgan fingerprint density at radius 2 is 1.49 bits per heavy atom. The highest BCUT2D eigenvalue weighted by molar-refractivity contribution is 6.00. The lowest BCUT2D eigenvalue weighted by atomic mass is 9.93. The largest absolute Gasteiger partial charge is 0.492 e. The number of carboxylic acid groups (broad SMARTS) is 1. The minimum atomic E-state index is -1.41. The molecule has 4 unspecified atom stereocenters. The van der Waals surface area contributed by atoms with Gasteiger partial charge in [-0.2, -0.15) is 0 Å². The van der Waals surface area contributed by atoms with Crippen LogP contribution < -0.4 is 47.4 Å². The molecule has 3 aromatic carbocycles. The van der Waals surface area contributed by atoms with Crippen molar-refractivity contribution in [2.24, 2.45) is 17.2 Å². The summed E-state index contributed by atoms with van der Waals surface area (Å²) in [6.07, 6.45) is 2.89. The third-order valence-electron chi connectivity index (χ3n) is 11.6. The average molecular weight is 894 g/mol. The van der Waals surface area contributed by atoms with Crippen LogP contribution in [-0.4, -0.2) is 113 Å². The Kier molecular flexibility index (Phi) is 15.4. The maximum atomic E-state index is 14.7. The fourth-order valence-electron chi connectivity index (χ4n) is 7.86. The van der Waals surface area contributed by atoms with Crippen molar-refractivity contribution < 1.29 is 43.3 Å². The topological polar surface area (TPSA) is 276 Å². The summed E-state index contributed by atoms with van der Waals surface area (Å²) in [7, 11) is 1.41. The predicted molar refractivity (Wildman–Crippen MR) is 242 cm³/mol. The molecule has 2 aliphatic rings. The highest BCUT2D eigenvalue weighted by Gasteiger charge is 2.43. The van der Waals surface area contributed by atoms with Gasteiger partial charge in [-0.1, -0.05) is 19.1 Å². The van der Waals surface area contributed by atoms with Gasteiger partial charge in [-0.05, 0) is 113 Å². The second-order valence-electron chi connectivity index (χ2n) is 16.4. The number of fused-ring (bicyclic) bond motifs is 5. The number of nitrogens with one attached hydrogen (secondary N) is 3. The van der Waals surface area contributed by atoms with Gasteiger partial charge in [0.1, 0.15) is 60.2 Å². The van der Waals surface area contributed by atoms with Crippen molar-refractivity contribution in [3.8, 4) is 39.8 Å². The molecule has 1 fully saturated rings. The zero-order valence-electron chi connectivity index (χ0n) is 37.4. The molecule has 6 rings (SSSR count). The molecule has 0 saturated heterocycles. The number of ether oxygens (including phenoxy) is 3. The number of aliphatic carboxylic acids is 1. The molecule has 4 atom stereocenters. The number of carbonyl (C=O) groups is 5. The van der Waals surface area contributed by atoms with Crippen molar-refractivity contribution in [2.45, 2.75) is 89.6 Å². The maximum Gasteiger partial charge on any atom is 0.326 e. The Morgan fingerprint density at radius 3 is 2.06 bits per heavy atom. The zero-order valence-corrected chi connectivity index (χ0v) is 37.4. The van der Waals surface area contributed by atoms with Gasteiger partial charge in [0.2, 0.25) is 17.7 Å². The molecule has 1 aromatic heterocycles. The number of likely N-dealkylation sites (N-methyl/N-ethyl adjacent to an activating group) is 1. The highest BCUT2D eigenvalue weighted by atomic mass is 16.5. The molecule has 18 heteroatoms. The van der Waals surface area contributed by atoms with Crippen LogP contribution in [0, 0.1) is 13.8 Å². The molecule has 2 heterocycles. The molecule has 4 aromatic rings.